The zero-order valence-electron chi connectivity index (χ0n) is 17.5. The number of nitrogens with one attached hydrogen (secondary N) is 2. The number of H-pyrrole nitrogens is 1. The van der Waals surface area contributed by atoms with Crippen LogP contribution in [0.5, 0.6) is 5.19 Å². The first kappa shape index (κ1) is 22.1. The van der Waals surface area contributed by atoms with Crippen molar-refractivity contribution in [2.24, 2.45) is 5.92 Å². The lowest BCUT2D eigenvalue weighted by Gasteiger charge is -2.32. The molecule has 0 saturated heterocycles. The number of carbonyl (C=O) groups excluding carboxylic acids is 1. The largest absolute Gasteiger partial charge is 0.464 e. The number of amides is 1. The number of hydrogen-bond donors (Lipinski definition) is 2. The lowest BCUT2D eigenvalue weighted by atomic mass is 9.84. The fourth-order valence-electron chi connectivity index (χ4n) is 4.41. The minimum absolute atomic E-state index is 0.0528. The van der Waals surface area contributed by atoms with E-state index in [9.17, 15) is 13.6 Å². The molecule has 1 fully saturated rings. The van der Waals surface area contributed by atoms with E-state index in [4.69, 9.17) is 4.74 Å². The van der Waals surface area contributed by atoms with Crippen LogP contribution < -0.4 is 10.1 Å². The van der Waals surface area contributed by atoms with Crippen molar-refractivity contribution in [1.29, 1.82) is 0 Å². The summed E-state index contributed by atoms with van der Waals surface area (Å²) in [5.41, 5.74) is 1.81. The molecular weight excluding hydrogens is 424 g/mol. The average Bonchev–Trinajstić information content (AvgIpc) is 3.40. The molecule has 2 aromatic rings. The first-order valence-corrected chi connectivity index (χ1v) is 11.8. The Bertz CT molecular complexity index is 837. The summed E-state index contributed by atoms with van der Waals surface area (Å²) in [5, 5.41) is 3.51. The molecule has 0 radical (unpaired) electrons. The normalized spacial score (nSPS) is 21.8. The summed E-state index contributed by atoms with van der Waals surface area (Å²) in [6.07, 6.45) is 7.52. The third-order valence-corrected chi connectivity index (χ3v) is 7.16. The Kier molecular flexibility index (Phi) is 7.49. The van der Waals surface area contributed by atoms with E-state index in [1.54, 1.807) is 12.5 Å². The van der Waals surface area contributed by atoms with Crippen LogP contribution in [0.4, 0.5) is 8.78 Å². The van der Waals surface area contributed by atoms with Crippen LogP contribution in [0.25, 0.3) is 0 Å². The highest BCUT2D eigenvalue weighted by Gasteiger charge is 2.25. The van der Waals surface area contributed by atoms with Crippen LogP contribution in [0.15, 0.2) is 12.5 Å². The number of nitrogens with zero attached hydrogens (tertiary/aromatic N) is 3. The molecule has 1 aliphatic heterocycles. The van der Waals surface area contributed by atoms with E-state index in [-0.39, 0.29) is 11.9 Å². The number of ether oxygens (including phenoxy) is 1. The molecule has 0 bridgehead atoms. The van der Waals surface area contributed by atoms with Crippen molar-refractivity contribution in [3.05, 3.63) is 28.8 Å². The maximum Gasteiger partial charge on any atom is 0.273 e. The molecular formula is C21H29F2N5O2S. The van der Waals surface area contributed by atoms with E-state index in [1.807, 2.05) is 0 Å². The van der Waals surface area contributed by atoms with Gasteiger partial charge in [0, 0.05) is 35.9 Å². The van der Waals surface area contributed by atoms with E-state index in [1.165, 1.54) is 11.3 Å². The number of alkyl halides is 2. The van der Waals surface area contributed by atoms with E-state index in [0.717, 1.165) is 74.4 Å². The number of aromatic amines is 1. The monoisotopic (exact) mass is 453 g/mol. The summed E-state index contributed by atoms with van der Waals surface area (Å²) < 4.78 is 29.7. The third kappa shape index (κ3) is 6.46. The molecule has 0 aromatic carbocycles. The lowest BCUT2D eigenvalue weighted by Crippen LogP contribution is -2.39. The molecule has 1 saturated carbocycles. The van der Waals surface area contributed by atoms with Gasteiger partial charge in [0.05, 0.1) is 18.4 Å². The Hall–Kier alpha value is -2.07. The molecule has 10 heteroatoms. The van der Waals surface area contributed by atoms with Gasteiger partial charge in [-0.05, 0) is 51.0 Å². The minimum atomic E-state index is -2.47. The summed E-state index contributed by atoms with van der Waals surface area (Å²) >= 11 is 1.40. The van der Waals surface area contributed by atoms with Crippen LogP contribution in [0.1, 0.15) is 48.4 Å². The first-order chi connectivity index (χ1) is 15.0. The van der Waals surface area contributed by atoms with Crippen molar-refractivity contribution in [2.75, 3.05) is 19.7 Å². The van der Waals surface area contributed by atoms with Crippen LogP contribution >= 0.6 is 11.3 Å². The summed E-state index contributed by atoms with van der Waals surface area (Å²) in [7, 11) is 0. The zero-order valence-corrected chi connectivity index (χ0v) is 18.3. The Morgan fingerprint density at radius 2 is 2.19 bits per heavy atom. The van der Waals surface area contributed by atoms with Crippen molar-refractivity contribution in [2.45, 2.75) is 64.0 Å². The predicted octanol–water partition coefficient (Wildman–Crippen LogP) is 3.18. The number of carbonyl (C=O) groups is 1. The van der Waals surface area contributed by atoms with Gasteiger partial charge in [0.1, 0.15) is 0 Å². The molecule has 0 atom stereocenters. The molecule has 2 aliphatic rings. The number of hydrogen-bond acceptors (Lipinski definition) is 6. The molecule has 170 valence electrons. The van der Waals surface area contributed by atoms with E-state index < -0.39 is 13.0 Å². The zero-order chi connectivity index (χ0) is 21.6. The van der Waals surface area contributed by atoms with E-state index in [2.05, 4.69) is 25.2 Å². The molecule has 4 rings (SSSR count). The Labute approximate surface area is 184 Å². The molecule has 3 heterocycles. The highest BCUT2D eigenvalue weighted by Crippen LogP contribution is 2.31. The van der Waals surface area contributed by atoms with Crippen molar-refractivity contribution >= 4 is 17.2 Å². The van der Waals surface area contributed by atoms with Gasteiger partial charge in [0.15, 0.2) is 6.61 Å². The fourth-order valence-corrected chi connectivity index (χ4v) is 5.32. The Morgan fingerprint density at radius 1 is 1.35 bits per heavy atom. The second-order valence-corrected chi connectivity index (χ2v) is 9.45. The highest BCUT2D eigenvalue weighted by atomic mass is 32.1. The van der Waals surface area contributed by atoms with Crippen LogP contribution in [0.3, 0.4) is 0 Å². The van der Waals surface area contributed by atoms with Gasteiger partial charge in [0.2, 0.25) is 5.91 Å². The first-order valence-electron chi connectivity index (χ1n) is 10.9. The Morgan fingerprint density at radius 3 is 2.94 bits per heavy atom. The van der Waals surface area contributed by atoms with Gasteiger partial charge in [-0.15, -0.1) is 0 Å². The maximum atomic E-state index is 12.3. The van der Waals surface area contributed by atoms with Gasteiger partial charge in [-0.3, -0.25) is 9.69 Å². The van der Waals surface area contributed by atoms with Crippen molar-refractivity contribution in [3.63, 3.8) is 0 Å². The van der Waals surface area contributed by atoms with Gasteiger partial charge in [-0.2, -0.15) is 0 Å². The minimum Gasteiger partial charge on any atom is -0.464 e. The van der Waals surface area contributed by atoms with Crippen LogP contribution in [0, 0.1) is 5.92 Å². The van der Waals surface area contributed by atoms with Gasteiger partial charge in [-0.1, -0.05) is 11.3 Å². The number of imidazole rings is 1. The molecule has 0 spiro atoms. The third-order valence-electron chi connectivity index (χ3n) is 6.09. The number of halogens is 2. The van der Waals surface area contributed by atoms with Crippen molar-refractivity contribution < 1.29 is 18.3 Å². The summed E-state index contributed by atoms with van der Waals surface area (Å²) in [6.45, 7) is 2.17. The molecule has 1 amide bonds. The van der Waals surface area contributed by atoms with E-state index >= 15 is 0 Å². The predicted molar refractivity (Wildman–Crippen MR) is 113 cm³/mol. The van der Waals surface area contributed by atoms with E-state index in [0.29, 0.717) is 17.5 Å². The summed E-state index contributed by atoms with van der Waals surface area (Å²) in [6, 6.07) is 0.269. The maximum absolute atomic E-state index is 12.3. The van der Waals surface area contributed by atoms with Gasteiger partial charge in [-0.25, -0.2) is 18.7 Å². The molecule has 1 aliphatic carbocycles. The molecule has 7 nitrogen and oxygen atoms in total. The highest BCUT2D eigenvalue weighted by molar-refractivity contribution is 7.13. The van der Waals surface area contributed by atoms with Crippen LogP contribution in [-0.4, -0.2) is 57.9 Å². The van der Waals surface area contributed by atoms with Crippen molar-refractivity contribution in [1.82, 2.24) is 25.2 Å². The number of aromatic nitrogens is 3. The number of fused-ring (bicyclic) bond motifs is 1. The van der Waals surface area contributed by atoms with Crippen molar-refractivity contribution in [3.8, 4) is 5.19 Å². The standard InChI is InChI=1S/C21H29F2N5O2S/c22-19(23)12-30-21-27-17-11-28(8-6-18(17)31-21)7-5-14-1-3-15(4-2-14)26-20(29)9-16-10-24-13-25-16/h10,13-15,19H,1-9,11-12H2,(H,24,25)(H,26,29)/t14-,15-. The number of thiazole rings is 1. The van der Waals surface area contributed by atoms with Gasteiger partial charge in [0.25, 0.3) is 11.6 Å². The summed E-state index contributed by atoms with van der Waals surface area (Å²) in [4.78, 5) is 27.0. The molecule has 31 heavy (non-hydrogen) atoms. The quantitative estimate of drug-likeness (QED) is 0.609. The molecule has 2 aromatic heterocycles. The lowest BCUT2D eigenvalue weighted by molar-refractivity contribution is -0.121. The molecule has 0 unspecified atom stereocenters. The number of rotatable bonds is 9. The van der Waals surface area contributed by atoms with Crippen LogP contribution in [0.2, 0.25) is 0 Å². The summed E-state index contributed by atoms with van der Waals surface area (Å²) in [5.74, 6) is 0.736. The molecule has 2 N–H and O–H groups in total. The Balaban J connectivity index is 1.15. The van der Waals surface area contributed by atoms with Crippen LogP contribution in [-0.2, 0) is 24.2 Å². The van der Waals surface area contributed by atoms with Gasteiger partial charge < -0.3 is 15.0 Å². The second-order valence-electron chi connectivity index (χ2n) is 8.41. The average molecular weight is 454 g/mol. The SMILES string of the molecule is O=C(Cc1cnc[nH]1)N[C@H]1CC[C@H](CCN2CCc3sc(OCC(F)F)nc3C2)CC1. The fraction of sp³-hybridized carbons (Fsp3) is 0.667. The topological polar surface area (TPSA) is 83.1 Å². The smallest absolute Gasteiger partial charge is 0.273 e. The second kappa shape index (κ2) is 10.5. The van der Waals surface area contributed by atoms with Gasteiger partial charge >= 0.3 is 0 Å².